The number of rotatable bonds is 5. The number of aliphatic hydroxyl groups is 1. The fourth-order valence-electron chi connectivity index (χ4n) is 3.21. The van der Waals surface area contributed by atoms with Gasteiger partial charge in [-0.2, -0.15) is 12.6 Å². The van der Waals surface area contributed by atoms with Gasteiger partial charge in [-0.1, -0.05) is 0 Å². The Morgan fingerprint density at radius 2 is 1.53 bits per heavy atom. The Morgan fingerprint density at radius 3 is 2.05 bits per heavy atom. The maximum atomic E-state index is 10.6. The molecule has 0 aromatic carbocycles. The molecular weight excluding hydrogens is 262 g/mol. The highest BCUT2D eigenvalue weighted by Gasteiger charge is 2.36. The number of hydrogen-bond donors (Lipinski definition) is 2. The summed E-state index contributed by atoms with van der Waals surface area (Å²) in [6.07, 6.45) is 3.63. The predicted molar refractivity (Wildman–Crippen MR) is 78.8 cm³/mol. The van der Waals surface area contributed by atoms with Crippen LogP contribution in [0.25, 0.3) is 0 Å². The smallest absolute Gasteiger partial charge is 0.0817 e. The minimum absolute atomic E-state index is 0.248. The van der Waals surface area contributed by atoms with Gasteiger partial charge >= 0.3 is 0 Å². The van der Waals surface area contributed by atoms with E-state index < -0.39 is 5.60 Å². The van der Waals surface area contributed by atoms with E-state index in [1.807, 2.05) is 0 Å². The van der Waals surface area contributed by atoms with Crippen molar-refractivity contribution in [3.63, 3.8) is 0 Å². The van der Waals surface area contributed by atoms with E-state index in [9.17, 15) is 5.11 Å². The monoisotopic (exact) mass is 289 g/mol. The van der Waals surface area contributed by atoms with E-state index in [4.69, 9.17) is 9.47 Å². The normalized spacial score (nSPS) is 26.5. The summed E-state index contributed by atoms with van der Waals surface area (Å²) < 4.78 is 10.8. The number of ether oxygens (including phenoxy) is 2. The minimum atomic E-state index is -0.573. The minimum Gasteiger partial charge on any atom is -0.388 e. The van der Waals surface area contributed by atoms with Crippen molar-refractivity contribution in [3.05, 3.63) is 0 Å². The summed E-state index contributed by atoms with van der Waals surface area (Å²) in [5, 5.41) is 10.6. The van der Waals surface area contributed by atoms with Crippen LogP contribution in [0, 0.1) is 5.41 Å². The molecule has 112 valence electrons. The number of likely N-dealkylation sites (N-methyl/N-ethyl adjacent to an activating group) is 1. The van der Waals surface area contributed by atoms with Crippen LogP contribution in [0.5, 0.6) is 0 Å². The van der Waals surface area contributed by atoms with Gasteiger partial charge in [0.25, 0.3) is 0 Å². The second kappa shape index (κ2) is 6.76. The van der Waals surface area contributed by atoms with Crippen LogP contribution in [0.4, 0.5) is 0 Å². The van der Waals surface area contributed by atoms with Crippen molar-refractivity contribution in [1.82, 2.24) is 4.90 Å². The Labute approximate surface area is 121 Å². The van der Waals surface area contributed by atoms with Crippen molar-refractivity contribution in [2.24, 2.45) is 5.41 Å². The van der Waals surface area contributed by atoms with Crippen molar-refractivity contribution in [2.75, 3.05) is 52.3 Å². The number of hydrogen-bond acceptors (Lipinski definition) is 5. The van der Waals surface area contributed by atoms with Gasteiger partial charge in [0, 0.05) is 52.4 Å². The molecule has 0 aromatic heterocycles. The molecule has 0 amide bonds. The molecule has 0 atom stereocenters. The Balaban J connectivity index is 1.86. The van der Waals surface area contributed by atoms with Gasteiger partial charge < -0.3 is 19.5 Å². The second-order valence-corrected chi connectivity index (χ2v) is 6.60. The van der Waals surface area contributed by atoms with E-state index in [1.54, 1.807) is 0 Å². The van der Waals surface area contributed by atoms with Crippen molar-refractivity contribution >= 4 is 12.6 Å². The molecule has 2 heterocycles. The van der Waals surface area contributed by atoms with Crippen LogP contribution < -0.4 is 0 Å². The summed E-state index contributed by atoms with van der Waals surface area (Å²) in [4.78, 5) is 2.27. The molecule has 4 nitrogen and oxygen atoms in total. The van der Waals surface area contributed by atoms with Gasteiger partial charge in [-0.3, -0.25) is 0 Å². The fourth-order valence-corrected chi connectivity index (χ4v) is 3.63. The van der Waals surface area contributed by atoms with Gasteiger partial charge in [0.2, 0.25) is 0 Å². The largest absolute Gasteiger partial charge is 0.388 e. The topological polar surface area (TPSA) is 41.9 Å². The molecule has 19 heavy (non-hydrogen) atoms. The van der Waals surface area contributed by atoms with Crippen LogP contribution >= 0.6 is 12.6 Å². The van der Waals surface area contributed by atoms with Gasteiger partial charge in [-0.15, -0.1) is 0 Å². The van der Waals surface area contributed by atoms with E-state index >= 15 is 0 Å². The highest BCUT2D eigenvalue weighted by molar-refractivity contribution is 7.80. The van der Waals surface area contributed by atoms with E-state index in [-0.39, 0.29) is 5.41 Å². The molecule has 2 aliphatic rings. The summed E-state index contributed by atoms with van der Waals surface area (Å²) in [6.45, 7) is 4.75. The molecule has 2 fully saturated rings. The van der Waals surface area contributed by atoms with E-state index in [2.05, 4.69) is 24.6 Å². The lowest BCUT2D eigenvalue weighted by molar-refractivity contribution is -0.0830. The van der Waals surface area contributed by atoms with Crippen molar-refractivity contribution < 1.29 is 14.6 Å². The van der Waals surface area contributed by atoms with Gasteiger partial charge in [-0.05, 0) is 31.1 Å². The maximum absolute atomic E-state index is 10.6. The highest BCUT2D eigenvalue weighted by Crippen LogP contribution is 2.33. The summed E-state index contributed by atoms with van der Waals surface area (Å²) >= 11 is 4.55. The first-order valence-electron chi connectivity index (χ1n) is 7.25. The SMILES string of the molecule is CN(CC1(O)CCOCC1)CC1(CS)CCOCC1. The predicted octanol–water partition coefficient (Wildman–Crippen LogP) is 1.19. The molecule has 0 unspecified atom stereocenters. The van der Waals surface area contributed by atoms with E-state index in [0.717, 1.165) is 57.7 Å². The zero-order valence-electron chi connectivity index (χ0n) is 11.9. The first-order chi connectivity index (χ1) is 9.08. The lowest BCUT2D eigenvalue weighted by Gasteiger charge is -2.42. The van der Waals surface area contributed by atoms with Crippen molar-refractivity contribution in [2.45, 2.75) is 31.3 Å². The molecule has 0 spiro atoms. The van der Waals surface area contributed by atoms with Gasteiger partial charge in [-0.25, -0.2) is 0 Å². The van der Waals surface area contributed by atoms with Crippen molar-refractivity contribution in [3.8, 4) is 0 Å². The average molecular weight is 289 g/mol. The Bertz CT molecular complexity index is 276. The van der Waals surface area contributed by atoms with Crippen molar-refractivity contribution in [1.29, 1.82) is 0 Å². The van der Waals surface area contributed by atoms with Crippen LogP contribution in [-0.2, 0) is 9.47 Å². The molecular formula is C14H27NO3S. The van der Waals surface area contributed by atoms with Crippen LogP contribution in [0.1, 0.15) is 25.7 Å². The van der Waals surface area contributed by atoms with Gasteiger partial charge in [0.05, 0.1) is 5.60 Å². The van der Waals surface area contributed by atoms with Crippen LogP contribution in [0.15, 0.2) is 0 Å². The van der Waals surface area contributed by atoms with Gasteiger partial charge in [0.15, 0.2) is 0 Å². The quantitative estimate of drug-likeness (QED) is 0.746. The lowest BCUT2D eigenvalue weighted by Crippen LogP contribution is -2.49. The highest BCUT2D eigenvalue weighted by atomic mass is 32.1. The Kier molecular flexibility index (Phi) is 5.55. The third kappa shape index (κ3) is 4.33. The zero-order valence-corrected chi connectivity index (χ0v) is 12.8. The molecule has 0 saturated carbocycles. The summed E-state index contributed by atoms with van der Waals surface area (Å²) in [6, 6.07) is 0. The van der Waals surface area contributed by atoms with Crippen LogP contribution in [-0.4, -0.2) is 67.9 Å². The summed E-state index contributed by atoms with van der Waals surface area (Å²) in [5.74, 6) is 0.891. The Morgan fingerprint density at radius 1 is 1.00 bits per heavy atom. The standard InChI is InChI=1S/C14H27NO3S/c1-15(11-14(16)4-8-18-9-5-14)10-13(12-19)2-6-17-7-3-13/h16,19H,2-12H2,1H3. The third-order valence-electron chi connectivity index (χ3n) is 4.48. The fraction of sp³-hybridized carbons (Fsp3) is 1.00. The number of thiol groups is 1. The second-order valence-electron chi connectivity index (χ2n) is 6.28. The summed E-state index contributed by atoms with van der Waals surface area (Å²) in [7, 11) is 2.11. The average Bonchev–Trinajstić information content (AvgIpc) is 2.39. The molecule has 0 radical (unpaired) electrons. The molecule has 0 aliphatic carbocycles. The third-order valence-corrected chi connectivity index (χ3v) is 5.15. The first-order valence-corrected chi connectivity index (χ1v) is 7.88. The molecule has 0 aromatic rings. The molecule has 0 bridgehead atoms. The summed E-state index contributed by atoms with van der Waals surface area (Å²) in [5.41, 5.74) is -0.326. The maximum Gasteiger partial charge on any atom is 0.0817 e. The molecule has 2 aliphatic heterocycles. The number of nitrogens with zero attached hydrogens (tertiary/aromatic N) is 1. The lowest BCUT2D eigenvalue weighted by atomic mass is 9.81. The Hall–Kier alpha value is 0.190. The molecule has 5 heteroatoms. The van der Waals surface area contributed by atoms with Crippen LogP contribution in [0.2, 0.25) is 0 Å². The van der Waals surface area contributed by atoms with E-state index in [1.165, 1.54) is 0 Å². The zero-order chi connectivity index (χ0) is 13.8. The van der Waals surface area contributed by atoms with E-state index in [0.29, 0.717) is 13.2 Å². The molecule has 1 N–H and O–H groups in total. The van der Waals surface area contributed by atoms with Gasteiger partial charge in [0.1, 0.15) is 0 Å². The molecule has 2 rings (SSSR count). The first kappa shape index (κ1) is 15.6. The van der Waals surface area contributed by atoms with Crippen LogP contribution in [0.3, 0.4) is 0 Å². The molecule has 2 saturated heterocycles.